The lowest BCUT2D eigenvalue weighted by atomic mass is 10.3. The van der Waals surface area contributed by atoms with Crippen LogP contribution in [0.3, 0.4) is 0 Å². The Labute approximate surface area is 119 Å². The molecule has 0 aromatic heterocycles. The summed E-state index contributed by atoms with van der Waals surface area (Å²) < 4.78 is 17.8. The molecule has 0 aliphatic carbocycles. The fraction of sp³-hybridized carbons (Fsp3) is 1.00. The molecule has 0 bridgehead atoms. The first-order valence-electron chi connectivity index (χ1n) is 7.97. The van der Waals surface area contributed by atoms with E-state index in [2.05, 4.69) is 36.8 Å². The van der Waals surface area contributed by atoms with Crippen molar-refractivity contribution < 1.29 is 8.85 Å². The monoisotopic (exact) mass is 286 g/mol. The maximum Gasteiger partial charge on any atom is 0.522 e. The summed E-state index contributed by atoms with van der Waals surface area (Å²) in [4.78, 5) is 0. The van der Waals surface area contributed by atoms with Crippen molar-refractivity contribution >= 4 is 8.88 Å². The Morgan fingerprint density at radius 2 is 1.32 bits per heavy atom. The quantitative estimate of drug-likeness (QED) is 0.700. The van der Waals surface area contributed by atoms with Crippen LogP contribution in [0.2, 0.25) is 0 Å². The molecule has 0 amide bonds. The van der Waals surface area contributed by atoms with Gasteiger partial charge in [-0.25, -0.2) is 0 Å². The van der Waals surface area contributed by atoms with E-state index in [1.807, 2.05) is 0 Å². The molecule has 2 rings (SSSR count). The number of hydrogen-bond donors (Lipinski definition) is 0. The van der Waals surface area contributed by atoms with Gasteiger partial charge in [-0.15, -0.1) is 0 Å². The highest BCUT2D eigenvalue weighted by Gasteiger charge is 2.56. The van der Waals surface area contributed by atoms with Gasteiger partial charge in [0.05, 0.1) is 0 Å². The van der Waals surface area contributed by atoms with Crippen molar-refractivity contribution in [3.05, 3.63) is 0 Å². The minimum Gasteiger partial charge on any atom is -0.371 e. The van der Waals surface area contributed by atoms with Gasteiger partial charge >= 0.3 is 8.88 Å². The molecule has 112 valence electrons. The second-order valence-corrected chi connectivity index (χ2v) is 8.61. The maximum atomic E-state index is 6.35. The van der Waals surface area contributed by atoms with Gasteiger partial charge in [0.1, 0.15) is 0 Å². The Morgan fingerprint density at radius 1 is 0.895 bits per heavy atom. The van der Waals surface area contributed by atoms with Crippen LogP contribution in [0.1, 0.15) is 53.4 Å². The molecular formula is C14H30N2O2Si. The molecule has 0 aromatic rings. The van der Waals surface area contributed by atoms with Gasteiger partial charge in [0.15, 0.2) is 0 Å². The highest BCUT2D eigenvalue weighted by molar-refractivity contribution is 6.61. The molecule has 2 unspecified atom stereocenters. The lowest BCUT2D eigenvalue weighted by Gasteiger charge is -2.45. The van der Waals surface area contributed by atoms with E-state index in [0.29, 0.717) is 12.1 Å². The van der Waals surface area contributed by atoms with E-state index in [-0.39, 0.29) is 0 Å². The molecule has 19 heavy (non-hydrogen) atoms. The standard InChI is InChI=1S/C14H30N2O2Si/c1-5-17-19(18-6-2,15-11-7-9-13(15)3)16-12-8-10-14(16)4/h13-14H,5-12H2,1-4H3. The van der Waals surface area contributed by atoms with Crippen LogP contribution in [0.25, 0.3) is 0 Å². The lowest BCUT2D eigenvalue weighted by molar-refractivity contribution is 0.0570. The Bertz CT molecular complexity index is 263. The largest absolute Gasteiger partial charge is 0.522 e. The third-order valence-electron chi connectivity index (χ3n) is 4.50. The van der Waals surface area contributed by atoms with Crippen LogP contribution in [0, 0.1) is 0 Å². The first kappa shape index (κ1) is 15.4. The van der Waals surface area contributed by atoms with Gasteiger partial charge in [-0.3, -0.25) is 9.13 Å². The third kappa shape index (κ3) is 2.90. The van der Waals surface area contributed by atoms with Crippen LogP contribution in [0.4, 0.5) is 0 Å². The highest BCUT2D eigenvalue weighted by Crippen LogP contribution is 2.33. The smallest absolute Gasteiger partial charge is 0.371 e. The van der Waals surface area contributed by atoms with Gasteiger partial charge in [-0.1, -0.05) is 0 Å². The summed E-state index contributed by atoms with van der Waals surface area (Å²) in [6.45, 7) is 12.6. The molecule has 4 nitrogen and oxygen atoms in total. The predicted molar refractivity (Wildman–Crippen MR) is 79.8 cm³/mol. The van der Waals surface area contributed by atoms with Crippen molar-refractivity contribution in [3.63, 3.8) is 0 Å². The minimum absolute atomic E-state index is 0.595. The zero-order valence-corrected chi connectivity index (χ0v) is 14.0. The topological polar surface area (TPSA) is 24.9 Å². The summed E-state index contributed by atoms with van der Waals surface area (Å²) in [7, 11) is -2.39. The molecule has 2 atom stereocenters. The highest BCUT2D eigenvalue weighted by atomic mass is 28.4. The molecule has 0 saturated carbocycles. The van der Waals surface area contributed by atoms with Gasteiger partial charge in [0.25, 0.3) is 0 Å². The molecule has 0 N–H and O–H groups in total. The number of rotatable bonds is 6. The molecule has 0 spiro atoms. The second-order valence-electron chi connectivity index (χ2n) is 5.78. The van der Waals surface area contributed by atoms with Gasteiger partial charge < -0.3 is 8.85 Å². The molecular weight excluding hydrogens is 256 g/mol. The van der Waals surface area contributed by atoms with E-state index in [1.54, 1.807) is 0 Å². The van der Waals surface area contributed by atoms with E-state index >= 15 is 0 Å². The Kier molecular flexibility index (Phi) is 5.43. The fourth-order valence-corrected chi connectivity index (χ4v) is 7.70. The normalized spacial score (nSPS) is 30.3. The van der Waals surface area contributed by atoms with Gasteiger partial charge in [-0.05, 0) is 66.5 Å². The Morgan fingerprint density at radius 3 is 1.58 bits per heavy atom. The van der Waals surface area contributed by atoms with Crippen molar-refractivity contribution in [2.24, 2.45) is 0 Å². The average Bonchev–Trinajstić information content (AvgIpc) is 2.98. The Balaban J connectivity index is 2.28. The fourth-order valence-electron chi connectivity index (χ4n) is 3.62. The number of hydrogen-bond acceptors (Lipinski definition) is 4. The summed E-state index contributed by atoms with van der Waals surface area (Å²) in [6.07, 6.45) is 5.10. The van der Waals surface area contributed by atoms with Crippen LogP contribution < -0.4 is 0 Å². The zero-order chi connectivity index (χ0) is 13.9. The predicted octanol–water partition coefficient (Wildman–Crippen LogP) is 2.46. The third-order valence-corrected chi connectivity index (χ3v) is 8.61. The SMILES string of the molecule is CCO[Si](OCC)(N1CCCC1C)N1CCCC1C. The van der Waals surface area contributed by atoms with Crippen LogP contribution in [-0.4, -0.2) is 56.4 Å². The summed E-state index contributed by atoms with van der Waals surface area (Å²) in [5, 5.41) is 0. The summed E-state index contributed by atoms with van der Waals surface area (Å²) >= 11 is 0. The molecule has 0 aromatic carbocycles. The van der Waals surface area contributed by atoms with Crippen molar-refractivity contribution in [2.75, 3.05) is 26.3 Å². The summed E-state index contributed by atoms with van der Waals surface area (Å²) in [5.41, 5.74) is 0. The summed E-state index contributed by atoms with van der Waals surface area (Å²) in [6, 6.07) is 1.19. The average molecular weight is 286 g/mol. The van der Waals surface area contributed by atoms with Crippen LogP contribution in [0.5, 0.6) is 0 Å². The van der Waals surface area contributed by atoms with E-state index in [0.717, 1.165) is 26.3 Å². The van der Waals surface area contributed by atoms with E-state index < -0.39 is 8.88 Å². The molecule has 2 aliphatic rings. The molecule has 2 saturated heterocycles. The molecule has 0 radical (unpaired) electrons. The zero-order valence-electron chi connectivity index (χ0n) is 13.0. The van der Waals surface area contributed by atoms with Gasteiger partial charge in [0.2, 0.25) is 0 Å². The lowest BCUT2D eigenvalue weighted by Crippen LogP contribution is -2.71. The first-order chi connectivity index (χ1) is 9.15. The number of nitrogens with zero attached hydrogens (tertiary/aromatic N) is 2. The molecule has 2 heterocycles. The molecule has 2 aliphatic heterocycles. The van der Waals surface area contributed by atoms with E-state index in [1.165, 1.54) is 25.7 Å². The van der Waals surface area contributed by atoms with E-state index in [4.69, 9.17) is 8.85 Å². The van der Waals surface area contributed by atoms with Crippen molar-refractivity contribution in [1.29, 1.82) is 0 Å². The van der Waals surface area contributed by atoms with E-state index in [9.17, 15) is 0 Å². The van der Waals surface area contributed by atoms with Gasteiger partial charge in [0, 0.05) is 25.3 Å². The second kappa shape index (κ2) is 6.67. The van der Waals surface area contributed by atoms with Crippen LogP contribution >= 0.6 is 0 Å². The van der Waals surface area contributed by atoms with Crippen molar-refractivity contribution in [1.82, 2.24) is 9.13 Å². The minimum atomic E-state index is -2.39. The van der Waals surface area contributed by atoms with Crippen LogP contribution in [0.15, 0.2) is 0 Å². The van der Waals surface area contributed by atoms with Crippen LogP contribution in [-0.2, 0) is 8.85 Å². The Hall–Kier alpha value is 0.0569. The summed E-state index contributed by atoms with van der Waals surface area (Å²) in [5.74, 6) is 0. The van der Waals surface area contributed by atoms with Crippen molar-refractivity contribution in [2.45, 2.75) is 65.5 Å². The molecule has 2 fully saturated rings. The first-order valence-corrected chi connectivity index (χ1v) is 9.68. The van der Waals surface area contributed by atoms with Gasteiger partial charge in [-0.2, -0.15) is 0 Å². The maximum absolute atomic E-state index is 6.35. The molecule has 5 heteroatoms. The van der Waals surface area contributed by atoms with Crippen molar-refractivity contribution in [3.8, 4) is 0 Å².